The molecule has 0 bridgehead atoms. The van der Waals surface area contributed by atoms with E-state index in [4.69, 9.17) is 0 Å². The normalized spacial score (nSPS) is 23.7. The van der Waals surface area contributed by atoms with Crippen LogP contribution in [0.3, 0.4) is 0 Å². The second-order valence-electron chi connectivity index (χ2n) is 5.88. The second kappa shape index (κ2) is 7.50. The molecule has 0 aromatic carbocycles. The summed E-state index contributed by atoms with van der Waals surface area (Å²) in [6.07, 6.45) is 2.44. The fraction of sp³-hybridized carbons (Fsp3) is 0.929. The van der Waals surface area contributed by atoms with E-state index in [1.165, 1.54) is 37.4 Å². The molecule has 0 unspecified atom stereocenters. The first-order valence-corrected chi connectivity index (χ1v) is 8.64. The SMILES string of the molecule is CC(C)NC(=O)CN1CCC(N2CCSCC2)CC1. The van der Waals surface area contributed by atoms with Crippen LogP contribution in [-0.2, 0) is 4.79 Å². The predicted octanol–water partition coefficient (Wildman–Crippen LogP) is 1.02. The van der Waals surface area contributed by atoms with Gasteiger partial charge in [0.1, 0.15) is 0 Å². The minimum absolute atomic E-state index is 0.169. The van der Waals surface area contributed by atoms with Crippen molar-refractivity contribution in [3.63, 3.8) is 0 Å². The Labute approximate surface area is 121 Å². The Morgan fingerprint density at radius 2 is 1.84 bits per heavy atom. The van der Waals surface area contributed by atoms with E-state index in [2.05, 4.69) is 26.9 Å². The summed E-state index contributed by atoms with van der Waals surface area (Å²) in [5.74, 6) is 2.75. The first kappa shape index (κ1) is 15.1. The quantitative estimate of drug-likeness (QED) is 0.837. The zero-order valence-electron chi connectivity index (χ0n) is 12.2. The maximum absolute atomic E-state index is 11.7. The molecule has 0 saturated carbocycles. The van der Waals surface area contributed by atoms with Gasteiger partial charge >= 0.3 is 0 Å². The molecule has 19 heavy (non-hydrogen) atoms. The summed E-state index contributed by atoms with van der Waals surface area (Å²) < 4.78 is 0. The molecule has 2 aliphatic heterocycles. The highest BCUT2D eigenvalue weighted by Crippen LogP contribution is 2.20. The van der Waals surface area contributed by atoms with E-state index in [0.29, 0.717) is 6.54 Å². The number of nitrogens with one attached hydrogen (secondary N) is 1. The van der Waals surface area contributed by atoms with Crippen molar-refractivity contribution in [1.29, 1.82) is 0 Å². The summed E-state index contributed by atoms with van der Waals surface area (Å²) in [6.45, 7) is 9.24. The highest BCUT2D eigenvalue weighted by atomic mass is 32.2. The van der Waals surface area contributed by atoms with Gasteiger partial charge in [0.05, 0.1) is 6.54 Å². The van der Waals surface area contributed by atoms with Gasteiger partial charge in [0, 0.05) is 49.8 Å². The number of nitrogens with zero attached hydrogens (tertiary/aromatic N) is 2. The zero-order valence-corrected chi connectivity index (χ0v) is 13.0. The highest BCUT2D eigenvalue weighted by Gasteiger charge is 2.26. The molecule has 0 atom stereocenters. The maximum Gasteiger partial charge on any atom is 0.234 e. The Hall–Kier alpha value is -0.260. The fourth-order valence-corrected chi connectivity index (χ4v) is 3.89. The van der Waals surface area contributed by atoms with Gasteiger partial charge in [-0.1, -0.05) is 0 Å². The molecule has 2 rings (SSSR count). The van der Waals surface area contributed by atoms with Crippen molar-refractivity contribution in [3.8, 4) is 0 Å². The average molecular weight is 285 g/mol. The third kappa shape index (κ3) is 4.97. The smallest absolute Gasteiger partial charge is 0.234 e. The third-order valence-electron chi connectivity index (χ3n) is 3.94. The number of thioether (sulfide) groups is 1. The van der Waals surface area contributed by atoms with Crippen LogP contribution in [-0.4, -0.2) is 72.0 Å². The van der Waals surface area contributed by atoms with Crippen LogP contribution >= 0.6 is 11.8 Å². The molecule has 0 aromatic rings. The van der Waals surface area contributed by atoms with Crippen molar-refractivity contribution >= 4 is 17.7 Å². The van der Waals surface area contributed by atoms with E-state index < -0.39 is 0 Å². The van der Waals surface area contributed by atoms with Crippen LogP contribution in [0.2, 0.25) is 0 Å². The molecule has 110 valence electrons. The van der Waals surface area contributed by atoms with Crippen LogP contribution in [0.25, 0.3) is 0 Å². The molecule has 0 radical (unpaired) electrons. The molecule has 2 saturated heterocycles. The van der Waals surface area contributed by atoms with E-state index in [-0.39, 0.29) is 11.9 Å². The van der Waals surface area contributed by atoms with Gasteiger partial charge in [-0.05, 0) is 26.7 Å². The summed E-state index contributed by atoms with van der Waals surface area (Å²) >= 11 is 2.07. The van der Waals surface area contributed by atoms with E-state index >= 15 is 0 Å². The van der Waals surface area contributed by atoms with Crippen molar-refractivity contribution < 1.29 is 4.79 Å². The van der Waals surface area contributed by atoms with Crippen LogP contribution in [0.4, 0.5) is 0 Å². The molecule has 4 nitrogen and oxygen atoms in total. The molecule has 1 amide bonds. The van der Waals surface area contributed by atoms with Crippen molar-refractivity contribution in [2.24, 2.45) is 0 Å². The molecule has 0 aromatic heterocycles. The Balaban J connectivity index is 1.68. The monoisotopic (exact) mass is 285 g/mol. The number of hydrogen-bond acceptors (Lipinski definition) is 4. The molecule has 5 heteroatoms. The van der Waals surface area contributed by atoms with E-state index in [1.807, 2.05) is 13.8 Å². The van der Waals surface area contributed by atoms with Gasteiger partial charge in [0.15, 0.2) is 0 Å². The van der Waals surface area contributed by atoms with Gasteiger partial charge in [-0.25, -0.2) is 0 Å². The Bertz CT molecular complexity index is 284. The van der Waals surface area contributed by atoms with Crippen molar-refractivity contribution in [2.45, 2.75) is 38.8 Å². The lowest BCUT2D eigenvalue weighted by molar-refractivity contribution is -0.123. The van der Waals surface area contributed by atoms with E-state index in [1.54, 1.807) is 0 Å². The number of amides is 1. The lowest BCUT2D eigenvalue weighted by atomic mass is 10.0. The molecule has 0 spiro atoms. The Kier molecular flexibility index (Phi) is 5.98. The maximum atomic E-state index is 11.7. The number of piperidine rings is 1. The third-order valence-corrected chi connectivity index (χ3v) is 4.88. The van der Waals surface area contributed by atoms with Crippen molar-refractivity contribution in [3.05, 3.63) is 0 Å². The van der Waals surface area contributed by atoms with Gasteiger partial charge in [-0.3, -0.25) is 14.6 Å². The summed E-state index contributed by atoms with van der Waals surface area (Å²) in [5, 5.41) is 2.97. The summed E-state index contributed by atoms with van der Waals surface area (Å²) in [4.78, 5) is 16.7. The van der Waals surface area contributed by atoms with Gasteiger partial charge in [0.2, 0.25) is 5.91 Å². The lowest BCUT2D eigenvalue weighted by Crippen LogP contribution is -2.49. The standard InChI is InChI=1S/C14H27N3OS/c1-12(2)15-14(18)11-16-5-3-13(4-6-16)17-7-9-19-10-8-17/h12-13H,3-11H2,1-2H3,(H,15,18). The largest absolute Gasteiger partial charge is 0.353 e. The summed E-state index contributed by atoms with van der Waals surface area (Å²) in [6, 6.07) is 1.00. The molecule has 2 heterocycles. The number of likely N-dealkylation sites (tertiary alicyclic amines) is 1. The van der Waals surface area contributed by atoms with Gasteiger partial charge in [-0.2, -0.15) is 11.8 Å². The van der Waals surface area contributed by atoms with E-state index in [0.717, 1.165) is 19.1 Å². The lowest BCUT2D eigenvalue weighted by Gasteiger charge is -2.39. The molecule has 2 aliphatic rings. The molecule has 1 N–H and O–H groups in total. The van der Waals surface area contributed by atoms with Crippen LogP contribution in [0.15, 0.2) is 0 Å². The number of hydrogen-bond donors (Lipinski definition) is 1. The second-order valence-corrected chi connectivity index (χ2v) is 7.10. The minimum Gasteiger partial charge on any atom is -0.353 e. The van der Waals surface area contributed by atoms with Crippen molar-refractivity contribution in [1.82, 2.24) is 15.1 Å². The van der Waals surface area contributed by atoms with Crippen LogP contribution in [0.5, 0.6) is 0 Å². The number of carbonyl (C=O) groups excluding carboxylic acids is 1. The number of carbonyl (C=O) groups is 1. The summed E-state index contributed by atoms with van der Waals surface area (Å²) in [7, 11) is 0. The van der Waals surface area contributed by atoms with Crippen LogP contribution in [0.1, 0.15) is 26.7 Å². The topological polar surface area (TPSA) is 35.6 Å². The van der Waals surface area contributed by atoms with Crippen LogP contribution in [0, 0.1) is 0 Å². The highest BCUT2D eigenvalue weighted by molar-refractivity contribution is 7.99. The van der Waals surface area contributed by atoms with Gasteiger partial charge < -0.3 is 5.32 Å². The minimum atomic E-state index is 0.169. The average Bonchev–Trinajstić information content (AvgIpc) is 2.39. The summed E-state index contributed by atoms with van der Waals surface area (Å²) in [5.41, 5.74) is 0. The predicted molar refractivity (Wildman–Crippen MR) is 81.6 cm³/mol. The van der Waals surface area contributed by atoms with Crippen molar-refractivity contribution in [2.75, 3.05) is 44.2 Å². The molecular formula is C14H27N3OS. The Morgan fingerprint density at radius 3 is 2.42 bits per heavy atom. The first-order valence-electron chi connectivity index (χ1n) is 7.48. The number of rotatable bonds is 4. The molecular weight excluding hydrogens is 258 g/mol. The van der Waals surface area contributed by atoms with Gasteiger partial charge in [0.25, 0.3) is 0 Å². The first-order chi connectivity index (χ1) is 9.15. The molecule has 0 aliphatic carbocycles. The van der Waals surface area contributed by atoms with E-state index in [9.17, 15) is 4.79 Å². The van der Waals surface area contributed by atoms with Gasteiger partial charge in [-0.15, -0.1) is 0 Å². The van der Waals surface area contributed by atoms with Crippen LogP contribution < -0.4 is 5.32 Å². The fourth-order valence-electron chi connectivity index (χ4n) is 2.96. The zero-order chi connectivity index (χ0) is 13.7. The Morgan fingerprint density at radius 1 is 1.21 bits per heavy atom. The molecule has 2 fully saturated rings.